The van der Waals surface area contributed by atoms with Crippen molar-refractivity contribution in [3.63, 3.8) is 0 Å². The number of nitrogens with one attached hydrogen (secondary N) is 1. The van der Waals surface area contributed by atoms with Crippen LogP contribution in [-0.4, -0.2) is 18.2 Å². The second-order valence-corrected chi connectivity index (χ2v) is 6.30. The summed E-state index contributed by atoms with van der Waals surface area (Å²) in [4.78, 5) is 0.139. The predicted molar refractivity (Wildman–Crippen MR) is 77.8 cm³/mol. The summed E-state index contributed by atoms with van der Waals surface area (Å²) in [7, 11) is -1.85. The molecule has 2 rings (SSSR count). The highest BCUT2D eigenvalue weighted by Gasteiger charge is 2.14. The molecule has 1 aromatic heterocycles. The summed E-state index contributed by atoms with van der Waals surface area (Å²) in [6.07, 6.45) is 1.72. The number of sulfonamides is 1. The van der Waals surface area contributed by atoms with Gasteiger partial charge in [-0.15, -0.1) is 0 Å². The molecule has 0 bridgehead atoms. The maximum absolute atomic E-state index is 11.5. The zero-order valence-corrected chi connectivity index (χ0v) is 12.5. The molecule has 108 valence electrons. The first-order valence-electron chi connectivity index (χ1n) is 6.17. The van der Waals surface area contributed by atoms with E-state index in [0.29, 0.717) is 11.3 Å². The summed E-state index contributed by atoms with van der Waals surface area (Å²) < 4.78 is 24.8. The number of hydrogen-bond donors (Lipinski definition) is 2. The van der Waals surface area contributed by atoms with Gasteiger partial charge in [0.25, 0.3) is 0 Å². The summed E-state index contributed by atoms with van der Waals surface area (Å²) in [5, 5.41) is 12.6. The highest BCUT2D eigenvalue weighted by atomic mass is 32.2. The molecule has 1 aromatic carbocycles. The number of nitrogens with zero attached hydrogens (tertiary/aromatic N) is 2. The minimum absolute atomic E-state index is 0.00136. The normalized spacial score (nSPS) is 13.2. The Bertz CT molecular complexity index is 722. The number of aryl methyl sites for hydroxylation is 2. The van der Waals surface area contributed by atoms with E-state index in [1.165, 1.54) is 0 Å². The van der Waals surface area contributed by atoms with Crippen molar-refractivity contribution in [2.75, 3.05) is 5.32 Å². The Labute approximate surface area is 118 Å². The molecule has 0 saturated heterocycles. The van der Waals surface area contributed by atoms with Gasteiger partial charge in [0.1, 0.15) is 0 Å². The summed E-state index contributed by atoms with van der Waals surface area (Å²) in [6, 6.07) is 7.03. The maximum atomic E-state index is 11.5. The summed E-state index contributed by atoms with van der Waals surface area (Å²) >= 11 is 0. The zero-order valence-electron chi connectivity index (χ0n) is 11.7. The van der Waals surface area contributed by atoms with Gasteiger partial charge in [-0.2, -0.15) is 5.10 Å². The highest BCUT2D eigenvalue weighted by molar-refractivity contribution is 7.89. The molecule has 3 N–H and O–H groups in total. The van der Waals surface area contributed by atoms with Crippen molar-refractivity contribution in [2.24, 2.45) is 12.2 Å². The third-order valence-corrected chi connectivity index (χ3v) is 4.23. The zero-order chi connectivity index (χ0) is 14.9. The lowest BCUT2D eigenvalue weighted by molar-refractivity contribution is 0.597. The molecule has 1 unspecified atom stereocenters. The Hall–Kier alpha value is -1.86. The summed E-state index contributed by atoms with van der Waals surface area (Å²) in [5.74, 6) is 0. The Kier molecular flexibility index (Phi) is 3.82. The minimum Gasteiger partial charge on any atom is -0.377 e. The van der Waals surface area contributed by atoms with Gasteiger partial charge < -0.3 is 5.32 Å². The second-order valence-electron chi connectivity index (χ2n) is 4.77. The molecule has 0 aliphatic carbocycles. The van der Waals surface area contributed by atoms with Crippen LogP contribution in [0.2, 0.25) is 0 Å². The van der Waals surface area contributed by atoms with Crippen LogP contribution in [-0.2, 0) is 17.1 Å². The van der Waals surface area contributed by atoms with Gasteiger partial charge in [-0.25, -0.2) is 13.6 Å². The van der Waals surface area contributed by atoms with Crippen LogP contribution in [0.1, 0.15) is 24.2 Å². The lowest BCUT2D eigenvalue weighted by atomic mass is 10.2. The average Bonchev–Trinajstić information content (AvgIpc) is 2.76. The van der Waals surface area contributed by atoms with E-state index < -0.39 is 10.0 Å². The van der Waals surface area contributed by atoms with Crippen molar-refractivity contribution in [2.45, 2.75) is 24.8 Å². The number of primary sulfonamides is 1. The molecule has 0 spiro atoms. The maximum Gasteiger partial charge on any atom is 0.238 e. The van der Waals surface area contributed by atoms with E-state index in [4.69, 9.17) is 5.14 Å². The summed E-state index contributed by atoms with van der Waals surface area (Å²) in [5.41, 5.74) is 2.34. The first-order chi connectivity index (χ1) is 9.29. The molecule has 0 aliphatic rings. The van der Waals surface area contributed by atoms with E-state index in [9.17, 15) is 8.42 Å². The molecular formula is C13H18N4O2S. The van der Waals surface area contributed by atoms with Crippen LogP contribution in [0.25, 0.3) is 0 Å². The fourth-order valence-electron chi connectivity index (χ4n) is 2.13. The van der Waals surface area contributed by atoms with Crippen molar-refractivity contribution in [3.8, 4) is 0 Å². The van der Waals surface area contributed by atoms with Gasteiger partial charge in [0.05, 0.1) is 16.6 Å². The van der Waals surface area contributed by atoms with E-state index >= 15 is 0 Å². The van der Waals surface area contributed by atoms with E-state index in [2.05, 4.69) is 10.4 Å². The van der Waals surface area contributed by atoms with Crippen molar-refractivity contribution < 1.29 is 8.42 Å². The fraction of sp³-hybridized carbons (Fsp3) is 0.308. The lowest BCUT2D eigenvalue weighted by Crippen LogP contribution is -2.15. The van der Waals surface area contributed by atoms with Crippen LogP contribution in [0, 0.1) is 6.92 Å². The standard InChI is InChI=1S/C13H18N4O2S/c1-9-4-5-11(8-13(9)20(14,18)19)16-10(2)12-6-7-15-17(12)3/h4-8,10,16H,1-3H3,(H2,14,18,19). The molecular weight excluding hydrogens is 276 g/mol. The van der Waals surface area contributed by atoms with Gasteiger partial charge in [-0.3, -0.25) is 4.68 Å². The van der Waals surface area contributed by atoms with Crippen molar-refractivity contribution in [3.05, 3.63) is 41.7 Å². The first kappa shape index (κ1) is 14.5. The first-order valence-corrected chi connectivity index (χ1v) is 7.71. The van der Waals surface area contributed by atoms with E-state index in [1.54, 1.807) is 29.9 Å². The Balaban J connectivity index is 2.29. The smallest absolute Gasteiger partial charge is 0.238 e. The van der Waals surface area contributed by atoms with Crippen LogP contribution >= 0.6 is 0 Å². The van der Waals surface area contributed by atoms with Gasteiger partial charge >= 0.3 is 0 Å². The number of hydrogen-bond acceptors (Lipinski definition) is 4. The number of rotatable bonds is 4. The number of aromatic nitrogens is 2. The minimum atomic E-state index is -3.71. The summed E-state index contributed by atoms with van der Waals surface area (Å²) in [6.45, 7) is 3.70. The molecule has 0 aliphatic heterocycles. The second kappa shape index (κ2) is 5.26. The molecule has 2 aromatic rings. The lowest BCUT2D eigenvalue weighted by Gasteiger charge is -2.16. The van der Waals surface area contributed by atoms with Crippen LogP contribution in [0.4, 0.5) is 5.69 Å². The van der Waals surface area contributed by atoms with E-state index in [1.807, 2.05) is 26.1 Å². The van der Waals surface area contributed by atoms with Crippen molar-refractivity contribution in [1.29, 1.82) is 0 Å². The average molecular weight is 294 g/mol. The van der Waals surface area contributed by atoms with Crippen LogP contribution in [0.3, 0.4) is 0 Å². The van der Waals surface area contributed by atoms with Gasteiger partial charge in [0.2, 0.25) is 10.0 Å². The molecule has 1 heterocycles. The van der Waals surface area contributed by atoms with Gasteiger partial charge in [-0.05, 0) is 37.6 Å². The molecule has 0 radical (unpaired) electrons. The Morgan fingerprint density at radius 1 is 1.35 bits per heavy atom. The fourth-order valence-corrected chi connectivity index (χ4v) is 2.94. The molecule has 0 amide bonds. The van der Waals surface area contributed by atoms with Crippen molar-refractivity contribution >= 4 is 15.7 Å². The Morgan fingerprint density at radius 3 is 2.60 bits per heavy atom. The van der Waals surface area contributed by atoms with E-state index in [-0.39, 0.29) is 10.9 Å². The van der Waals surface area contributed by atoms with Crippen molar-refractivity contribution in [1.82, 2.24) is 9.78 Å². The third kappa shape index (κ3) is 3.00. The highest BCUT2D eigenvalue weighted by Crippen LogP contribution is 2.23. The number of anilines is 1. The quantitative estimate of drug-likeness (QED) is 0.895. The number of benzene rings is 1. The SMILES string of the molecule is Cc1ccc(NC(C)c2ccnn2C)cc1S(N)(=O)=O. The van der Waals surface area contributed by atoms with Crippen LogP contribution in [0.15, 0.2) is 35.4 Å². The molecule has 20 heavy (non-hydrogen) atoms. The van der Waals surface area contributed by atoms with E-state index in [0.717, 1.165) is 5.69 Å². The monoisotopic (exact) mass is 294 g/mol. The third-order valence-electron chi connectivity index (χ3n) is 3.18. The molecule has 6 nitrogen and oxygen atoms in total. The van der Waals surface area contributed by atoms with Gasteiger partial charge in [-0.1, -0.05) is 6.07 Å². The topological polar surface area (TPSA) is 90.0 Å². The molecule has 1 atom stereocenters. The number of nitrogens with two attached hydrogens (primary N) is 1. The van der Waals surface area contributed by atoms with Gasteiger partial charge in [0, 0.05) is 18.9 Å². The van der Waals surface area contributed by atoms with Crippen LogP contribution < -0.4 is 10.5 Å². The predicted octanol–water partition coefficient (Wildman–Crippen LogP) is 1.55. The van der Waals surface area contributed by atoms with Gasteiger partial charge in [0.15, 0.2) is 0 Å². The largest absolute Gasteiger partial charge is 0.377 e. The van der Waals surface area contributed by atoms with Crippen LogP contribution in [0.5, 0.6) is 0 Å². The molecule has 7 heteroatoms. The Morgan fingerprint density at radius 2 is 2.05 bits per heavy atom. The molecule has 0 saturated carbocycles. The molecule has 0 fully saturated rings.